The van der Waals surface area contributed by atoms with Crippen molar-refractivity contribution in [3.05, 3.63) is 59.7 Å². The highest BCUT2D eigenvalue weighted by Gasteiger charge is 2.36. The summed E-state index contributed by atoms with van der Waals surface area (Å²) < 4.78 is 0. The fourth-order valence-corrected chi connectivity index (χ4v) is 2.76. The normalized spacial score (nSPS) is 19.2. The maximum Gasteiger partial charge on any atom is 0.0400 e. The van der Waals surface area contributed by atoms with Crippen LogP contribution in [0.1, 0.15) is 31.9 Å². The minimum Gasteiger partial charge on any atom is -0.381 e. The Morgan fingerprint density at radius 3 is 2.60 bits per heavy atom. The van der Waals surface area contributed by atoms with Crippen LogP contribution in [0.5, 0.6) is 0 Å². The van der Waals surface area contributed by atoms with Gasteiger partial charge in [-0.05, 0) is 36.2 Å². The van der Waals surface area contributed by atoms with E-state index < -0.39 is 0 Å². The topological polar surface area (TPSA) is 24.1 Å². The summed E-state index contributed by atoms with van der Waals surface area (Å²) in [5, 5.41) is 7.08. The Balaban J connectivity index is 1.79. The summed E-state index contributed by atoms with van der Waals surface area (Å²) in [6.07, 6.45) is 0. The number of hydrogen-bond acceptors (Lipinski definition) is 2. The van der Waals surface area contributed by atoms with E-state index in [1.54, 1.807) is 0 Å². The molecule has 2 nitrogen and oxygen atoms in total. The van der Waals surface area contributed by atoms with Gasteiger partial charge in [-0.15, -0.1) is 0 Å². The first-order valence-electron chi connectivity index (χ1n) is 7.26. The van der Waals surface area contributed by atoms with Crippen molar-refractivity contribution in [2.45, 2.75) is 38.8 Å². The van der Waals surface area contributed by atoms with E-state index >= 15 is 0 Å². The van der Waals surface area contributed by atoms with Crippen molar-refractivity contribution >= 4 is 11.4 Å². The van der Waals surface area contributed by atoms with Crippen LogP contribution in [0.2, 0.25) is 0 Å². The molecular weight excluding hydrogens is 244 g/mol. The molecule has 2 heteroatoms. The zero-order valence-electron chi connectivity index (χ0n) is 12.4. The lowest BCUT2D eigenvalue weighted by Crippen LogP contribution is -2.29. The van der Waals surface area contributed by atoms with Gasteiger partial charge < -0.3 is 10.6 Å². The van der Waals surface area contributed by atoms with E-state index in [4.69, 9.17) is 0 Å². The summed E-state index contributed by atoms with van der Waals surface area (Å²) >= 11 is 0. The summed E-state index contributed by atoms with van der Waals surface area (Å²) in [4.78, 5) is 0. The number of hydrogen-bond donors (Lipinski definition) is 2. The molecule has 1 heterocycles. The first-order valence-corrected chi connectivity index (χ1v) is 7.26. The molecule has 104 valence electrons. The SMILES string of the molecule is CC1Nc2ccc(NCc3ccccc3)cc2C1(C)C. The summed E-state index contributed by atoms with van der Waals surface area (Å²) in [6.45, 7) is 7.72. The molecule has 2 N–H and O–H groups in total. The molecule has 0 radical (unpaired) electrons. The van der Waals surface area contributed by atoms with E-state index in [9.17, 15) is 0 Å². The van der Waals surface area contributed by atoms with Crippen molar-refractivity contribution in [3.63, 3.8) is 0 Å². The van der Waals surface area contributed by atoms with Gasteiger partial charge in [0.05, 0.1) is 0 Å². The first kappa shape index (κ1) is 13.0. The van der Waals surface area contributed by atoms with E-state index in [1.165, 1.54) is 22.5 Å². The van der Waals surface area contributed by atoms with Crippen molar-refractivity contribution in [1.82, 2.24) is 0 Å². The molecule has 0 saturated heterocycles. The Kier molecular flexibility index (Phi) is 3.17. The van der Waals surface area contributed by atoms with Crippen LogP contribution in [0.15, 0.2) is 48.5 Å². The molecule has 0 amide bonds. The summed E-state index contributed by atoms with van der Waals surface area (Å²) in [5.74, 6) is 0. The Bertz CT molecular complexity index is 602. The van der Waals surface area contributed by atoms with Gasteiger partial charge in [-0.25, -0.2) is 0 Å². The van der Waals surface area contributed by atoms with Gasteiger partial charge in [0.15, 0.2) is 0 Å². The molecule has 3 rings (SSSR count). The van der Waals surface area contributed by atoms with Gasteiger partial charge in [-0.3, -0.25) is 0 Å². The van der Waals surface area contributed by atoms with Gasteiger partial charge in [-0.1, -0.05) is 44.2 Å². The average Bonchev–Trinajstić information content (AvgIpc) is 2.68. The number of rotatable bonds is 3. The Hall–Kier alpha value is -1.96. The highest BCUT2D eigenvalue weighted by molar-refractivity contribution is 5.66. The van der Waals surface area contributed by atoms with Crippen LogP contribution in [0, 0.1) is 0 Å². The zero-order chi connectivity index (χ0) is 14.2. The number of anilines is 2. The molecule has 0 spiro atoms. The van der Waals surface area contributed by atoms with Gasteiger partial charge in [0, 0.05) is 29.4 Å². The van der Waals surface area contributed by atoms with Crippen LogP contribution in [0.3, 0.4) is 0 Å². The predicted molar refractivity (Wildman–Crippen MR) is 86.3 cm³/mol. The second kappa shape index (κ2) is 4.86. The van der Waals surface area contributed by atoms with Crippen molar-refractivity contribution in [1.29, 1.82) is 0 Å². The first-order chi connectivity index (χ1) is 9.57. The largest absolute Gasteiger partial charge is 0.381 e. The molecule has 0 saturated carbocycles. The maximum atomic E-state index is 3.56. The Labute approximate surface area is 121 Å². The molecule has 1 aliphatic heterocycles. The van der Waals surface area contributed by atoms with E-state index in [1.807, 2.05) is 0 Å². The van der Waals surface area contributed by atoms with Crippen molar-refractivity contribution in [2.75, 3.05) is 10.6 Å². The monoisotopic (exact) mass is 266 g/mol. The summed E-state index contributed by atoms with van der Waals surface area (Å²) in [7, 11) is 0. The van der Waals surface area contributed by atoms with Gasteiger partial charge in [0.2, 0.25) is 0 Å². The van der Waals surface area contributed by atoms with E-state index in [-0.39, 0.29) is 5.41 Å². The molecule has 1 atom stereocenters. The minimum atomic E-state index is 0.180. The van der Waals surface area contributed by atoms with Crippen LogP contribution in [-0.4, -0.2) is 6.04 Å². The molecule has 0 bridgehead atoms. The second-order valence-electron chi connectivity index (χ2n) is 6.19. The second-order valence-corrected chi connectivity index (χ2v) is 6.19. The molecule has 2 aromatic carbocycles. The number of fused-ring (bicyclic) bond motifs is 1. The van der Waals surface area contributed by atoms with E-state index in [0.29, 0.717) is 6.04 Å². The quantitative estimate of drug-likeness (QED) is 0.861. The molecule has 20 heavy (non-hydrogen) atoms. The third-order valence-electron chi connectivity index (χ3n) is 4.51. The van der Waals surface area contributed by atoms with E-state index in [2.05, 4.69) is 79.9 Å². The average molecular weight is 266 g/mol. The predicted octanol–water partition coefficient (Wildman–Crippen LogP) is 4.39. The number of nitrogens with one attached hydrogen (secondary N) is 2. The van der Waals surface area contributed by atoms with Gasteiger partial charge >= 0.3 is 0 Å². The lowest BCUT2D eigenvalue weighted by molar-refractivity contribution is 0.486. The third-order valence-corrected chi connectivity index (χ3v) is 4.51. The van der Waals surface area contributed by atoms with Gasteiger partial charge in [-0.2, -0.15) is 0 Å². The van der Waals surface area contributed by atoms with Crippen molar-refractivity contribution < 1.29 is 0 Å². The standard InChI is InChI=1S/C18H22N2/c1-13-18(2,3)16-11-15(9-10-17(16)20-13)19-12-14-7-5-4-6-8-14/h4-11,13,19-20H,12H2,1-3H3. The smallest absolute Gasteiger partial charge is 0.0400 e. The van der Waals surface area contributed by atoms with Crippen LogP contribution in [0.4, 0.5) is 11.4 Å². The molecule has 2 aromatic rings. The molecule has 1 aliphatic rings. The number of benzene rings is 2. The molecule has 0 aliphatic carbocycles. The Morgan fingerprint density at radius 2 is 1.85 bits per heavy atom. The van der Waals surface area contributed by atoms with Crippen LogP contribution < -0.4 is 10.6 Å². The van der Waals surface area contributed by atoms with Crippen LogP contribution in [0.25, 0.3) is 0 Å². The fourth-order valence-electron chi connectivity index (χ4n) is 2.76. The van der Waals surface area contributed by atoms with Crippen LogP contribution >= 0.6 is 0 Å². The highest BCUT2D eigenvalue weighted by Crippen LogP contribution is 2.41. The van der Waals surface area contributed by atoms with Crippen molar-refractivity contribution in [2.24, 2.45) is 0 Å². The van der Waals surface area contributed by atoms with Gasteiger partial charge in [0.25, 0.3) is 0 Å². The molecule has 0 fully saturated rings. The Morgan fingerprint density at radius 1 is 1.10 bits per heavy atom. The lowest BCUT2D eigenvalue weighted by atomic mass is 9.81. The minimum absolute atomic E-state index is 0.180. The summed E-state index contributed by atoms with van der Waals surface area (Å²) in [6, 6.07) is 17.6. The van der Waals surface area contributed by atoms with Gasteiger partial charge in [0.1, 0.15) is 0 Å². The zero-order valence-corrected chi connectivity index (χ0v) is 12.4. The highest BCUT2D eigenvalue weighted by atomic mass is 15.0. The fraction of sp³-hybridized carbons (Fsp3) is 0.333. The van der Waals surface area contributed by atoms with Crippen molar-refractivity contribution in [3.8, 4) is 0 Å². The summed E-state index contributed by atoms with van der Waals surface area (Å²) in [5.41, 5.74) is 5.35. The van der Waals surface area contributed by atoms with Crippen LogP contribution in [-0.2, 0) is 12.0 Å². The molecule has 1 unspecified atom stereocenters. The third kappa shape index (κ3) is 2.26. The van der Waals surface area contributed by atoms with E-state index in [0.717, 1.165) is 6.54 Å². The maximum absolute atomic E-state index is 3.56. The lowest BCUT2D eigenvalue weighted by Gasteiger charge is -2.24. The molecular formula is C18H22N2. The molecule has 0 aromatic heterocycles.